The molecule has 0 saturated heterocycles. The number of aromatic nitrogens is 3. The summed E-state index contributed by atoms with van der Waals surface area (Å²) in [6.07, 6.45) is 0. The fourth-order valence-corrected chi connectivity index (χ4v) is 4.69. The average Bonchev–Trinajstić information content (AvgIpc) is 3.49. The summed E-state index contributed by atoms with van der Waals surface area (Å²) in [5.41, 5.74) is 4.26. The topological polar surface area (TPSA) is 76.9 Å². The third kappa shape index (κ3) is 3.53. The van der Waals surface area contributed by atoms with E-state index in [1.807, 2.05) is 41.1 Å². The van der Waals surface area contributed by atoms with Crippen LogP contribution in [-0.2, 0) is 12.0 Å². The van der Waals surface area contributed by atoms with Gasteiger partial charge in [-0.25, -0.2) is 4.98 Å². The molecule has 0 saturated carbocycles. The predicted octanol–water partition coefficient (Wildman–Crippen LogP) is 6.13. The summed E-state index contributed by atoms with van der Waals surface area (Å²) in [5, 5.41) is 18.8. The van der Waals surface area contributed by atoms with Crippen molar-refractivity contribution in [2.24, 2.45) is 0 Å². The van der Waals surface area contributed by atoms with Gasteiger partial charge in [-0.3, -0.25) is 4.68 Å². The van der Waals surface area contributed by atoms with E-state index in [2.05, 4.69) is 43.4 Å². The molecule has 0 unspecified atom stereocenters. The molecule has 0 bridgehead atoms. The zero-order valence-corrected chi connectivity index (χ0v) is 19.2. The van der Waals surface area contributed by atoms with Gasteiger partial charge in [-0.15, -0.1) is 11.3 Å². The maximum atomic E-state index is 9.50. The van der Waals surface area contributed by atoms with E-state index >= 15 is 0 Å². The number of hydrogen-bond acceptors (Lipinski definition) is 6. The van der Waals surface area contributed by atoms with Gasteiger partial charge in [0.2, 0.25) is 0 Å². The molecule has 0 atom stereocenters. The normalized spacial score (nSPS) is 11.8. The van der Waals surface area contributed by atoms with Crippen molar-refractivity contribution in [3.8, 4) is 22.6 Å². The minimum Gasteiger partial charge on any atom is -0.497 e. The maximum Gasteiger partial charge on any atom is 0.170 e. The van der Waals surface area contributed by atoms with Gasteiger partial charge in [0.05, 0.1) is 24.9 Å². The monoisotopic (exact) mass is 442 g/mol. The number of nitrogens with zero attached hydrogens (tertiary/aromatic N) is 4. The van der Waals surface area contributed by atoms with E-state index < -0.39 is 0 Å². The second-order valence-corrected chi connectivity index (χ2v) is 9.63. The molecule has 6 nitrogen and oxygen atoms in total. The highest BCUT2D eigenvalue weighted by atomic mass is 32.1. The van der Waals surface area contributed by atoms with Gasteiger partial charge in [0, 0.05) is 21.6 Å². The Morgan fingerprint density at radius 3 is 2.72 bits per heavy atom. The van der Waals surface area contributed by atoms with E-state index in [1.54, 1.807) is 18.4 Å². The van der Waals surface area contributed by atoms with E-state index in [1.165, 1.54) is 0 Å². The first-order valence-corrected chi connectivity index (χ1v) is 11.2. The van der Waals surface area contributed by atoms with Crippen LogP contribution in [0.5, 0.6) is 5.75 Å². The Labute approximate surface area is 189 Å². The third-order valence-electron chi connectivity index (χ3n) is 5.46. The van der Waals surface area contributed by atoms with Gasteiger partial charge in [-0.05, 0) is 42.0 Å². The van der Waals surface area contributed by atoms with Crippen molar-refractivity contribution in [3.05, 3.63) is 64.8 Å². The minimum atomic E-state index is 0.00672. The Bertz CT molecular complexity index is 1490. The van der Waals surface area contributed by atoms with Gasteiger partial charge in [0.15, 0.2) is 16.5 Å². The quantitative estimate of drug-likeness (QED) is 0.334. The van der Waals surface area contributed by atoms with Crippen LogP contribution in [0.15, 0.2) is 52.3 Å². The van der Waals surface area contributed by atoms with Crippen molar-refractivity contribution in [3.63, 3.8) is 0 Å². The standard InChI is InChI=1S/C25H22N4O2S/c1-25(2,3)23-14-32-24(27-23)22-10-16-9-15(5-8-21(16)31-22)13-29-20-7-6-17(30-4)11-18(20)19(12-26)28-29/h5-11,14H,13H2,1-4H3. The first kappa shape index (κ1) is 20.3. The molecule has 0 fully saturated rings. The van der Waals surface area contributed by atoms with E-state index in [4.69, 9.17) is 14.1 Å². The Hall–Kier alpha value is -3.63. The summed E-state index contributed by atoms with van der Waals surface area (Å²) < 4.78 is 13.2. The van der Waals surface area contributed by atoms with E-state index in [0.717, 1.165) is 43.9 Å². The molecule has 3 heterocycles. The van der Waals surface area contributed by atoms with Crippen LogP contribution >= 0.6 is 11.3 Å². The fourth-order valence-electron chi connectivity index (χ4n) is 3.69. The first-order chi connectivity index (χ1) is 15.4. The molecule has 0 amide bonds. The van der Waals surface area contributed by atoms with Crippen LogP contribution in [0.25, 0.3) is 32.6 Å². The molecule has 0 spiro atoms. The number of fused-ring (bicyclic) bond motifs is 2. The van der Waals surface area contributed by atoms with Crippen LogP contribution in [-0.4, -0.2) is 21.9 Å². The molecular formula is C25H22N4O2S. The van der Waals surface area contributed by atoms with Crippen LogP contribution in [0, 0.1) is 11.3 Å². The number of ether oxygens (including phenoxy) is 1. The van der Waals surface area contributed by atoms with Gasteiger partial charge in [-0.2, -0.15) is 10.4 Å². The zero-order chi connectivity index (χ0) is 22.5. The zero-order valence-electron chi connectivity index (χ0n) is 18.3. The average molecular weight is 443 g/mol. The van der Waals surface area contributed by atoms with E-state index in [9.17, 15) is 5.26 Å². The smallest absolute Gasteiger partial charge is 0.170 e. The number of methoxy groups -OCH3 is 1. The van der Waals surface area contributed by atoms with Gasteiger partial charge in [0.1, 0.15) is 17.4 Å². The van der Waals surface area contributed by atoms with Crippen molar-refractivity contribution in [1.29, 1.82) is 5.26 Å². The highest BCUT2D eigenvalue weighted by Gasteiger charge is 2.19. The highest BCUT2D eigenvalue weighted by Crippen LogP contribution is 2.33. The Morgan fingerprint density at radius 1 is 1.16 bits per heavy atom. The van der Waals surface area contributed by atoms with E-state index in [-0.39, 0.29) is 5.41 Å². The molecule has 0 N–H and O–H groups in total. The number of rotatable bonds is 4. The molecule has 160 valence electrons. The lowest BCUT2D eigenvalue weighted by atomic mass is 9.93. The number of benzene rings is 2. The number of thiazole rings is 1. The first-order valence-electron chi connectivity index (χ1n) is 10.3. The van der Waals surface area contributed by atoms with Crippen molar-refractivity contribution in [2.75, 3.05) is 7.11 Å². The largest absolute Gasteiger partial charge is 0.497 e. The summed E-state index contributed by atoms with van der Waals surface area (Å²) in [6, 6.07) is 16.0. The van der Waals surface area contributed by atoms with Gasteiger partial charge in [-0.1, -0.05) is 26.8 Å². The molecule has 0 aliphatic rings. The summed E-state index contributed by atoms with van der Waals surface area (Å²) in [5.74, 6) is 1.48. The summed E-state index contributed by atoms with van der Waals surface area (Å²) in [4.78, 5) is 4.77. The molecule has 7 heteroatoms. The van der Waals surface area contributed by atoms with Crippen molar-refractivity contribution in [2.45, 2.75) is 32.7 Å². The number of nitriles is 1. The SMILES string of the molecule is COc1ccc2c(c1)c(C#N)nn2Cc1ccc2oc(-c3nc(C(C)(C)C)cs3)cc2c1. The second-order valence-electron chi connectivity index (χ2n) is 8.77. The predicted molar refractivity (Wildman–Crippen MR) is 126 cm³/mol. The van der Waals surface area contributed by atoms with Crippen molar-refractivity contribution in [1.82, 2.24) is 14.8 Å². The van der Waals surface area contributed by atoms with Crippen LogP contribution in [0.2, 0.25) is 0 Å². The fraction of sp³-hybridized carbons (Fsp3) is 0.240. The highest BCUT2D eigenvalue weighted by molar-refractivity contribution is 7.13. The Balaban J connectivity index is 1.49. The molecule has 5 rings (SSSR count). The number of hydrogen-bond donors (Lipinski definition) is 0. The van der Waals surface area contributed by atoms with Crippen LogP contribution in [0.3, 0.4) is 0 Å². The molecule has 0 aliphatic heterocycles. The third-order valence-corrected chi connectivity index (χ3v) is 6.32. The molecule has 0 aliphatic carbocycles. The van der Waals surface area contributed by atoms with Crippen molar-refractivity contribution < 1.29 is 9.15 Å². The number of furan rings is 1. The molecule has 32 heavy (non-hydrogen) atoms. The van der Waals surface area contributed by atoms with Crippen LogP contribution in [0.1, 0.15) is 37.7 Å². The second kappa shape index (κ2) is 7.50. The molecule has 2 aromatic carbocycles. The minimum absolute atomic E-state index is 0.00672. The Morgan fingerprint density at radius 2 is 2.00 bits per heavy atom. The summed E-state index contributed by atoms with van der Waals surface area (Å²) in [7, 11) is 1.61. The van der Waals surface area contributed by atoms with E-state index in [0.29, 0.717) is 18.0 Å². The van der Waals surface area contributed by atoms with Gasteiger partial charge < -0.3 is 9.15 Å². The molecule has 3 aromatic heterocycles. The van der Waals surface area contributed by atoms with Crippen molar-refractivity contribution >= 4 is 33.2 Å². The van der Waals surface area contributed by atoms with Crippen LogP contribution < -0.4 is 4.74 Å². The molecule has 0 radical (unpaired) electrons. The summed E-state index contributed by atoms with van der Waals surface area (Å²) >= 11 is 1.60. The lowest BCUT2D eigenvalue weighted by Gasteiger charge is -2.13. The molecule has 5 aromatic rings. The molecular weight excluding hydrogens is 420 g/mol. The summed E-state index contributed by atoms with van der Waals surface area (Å²) in [6.45, 7) is 7.02. The Kier molecular flexibility index (Phi) is 4.75. The van der Waals surface area contributed by atoms with Crippen LogP contribution in [0.4, 0.5) is 0 Å². The van der Waals surface area contributed by atoms with Gasteiger partial charge in [0.25, 0.3) is 0 Å². The lowest BCUT2D eigenvalue weighted by molar-refractivity contribution is 0.415. The lowest BCUT2D eigenvalue weighted by Crippen LogP contribution is -2.11. The maximum absolute atomic E-state index is 9.50. The van der Waals surface area contributed by atoms with Gasteiger partial charge >= 0.3 is 0 Å².